The largest absolute Gasteiger partial charge is 0.381 e. The number of fused-ring (bicyclic) bond motifs is 1. The van der Waals surface area contributed by atoms with Crippen LogP contribution in [0.25, 0.3) is 10.9 Å². The molecular formula is C19H23N3O2. The van der Waals surface area contributed by atoms with Crippen molar-refractivity contribution >= 4 is 22.6 Å². The lowest BCUT2D eigenvalue weighted by atomic mass is 9.91. The number of aryl methyl sites for hydroxylation is 1. The van der Waals surface area contributed by atoms with E-state index in [1.54, 1.807) is 6.20 Å². The standard InChI is InChI=1S/C19H23N3O2/c1-13-9-14-3-2-6-20-18(14)17(10-13)21-19(23)22-7-4-15(11-22)16-5-8-24-12-16/h2-3,6,9-10,15-16H,4-5,7-8,11-12H2,1H3,(H,21,23). The summed E-state index contributed by atoms with van der Waals surface area (Å²) in [5.74, 6) is 1.19. The number of rotatable bonds is 2. The van der Waals surface area contributed by atoms with Crippen molar-refractivity contribution in [2.45, 2.75) is 19.8 Å². The number of amides is 2. The lowest BCUT2D eigenvalue weighted by Gasteiger charge is -2.20. The summed E-state index contributed by atoms with van der Waals surface area (Å²) in [6.07, 6.45) is 3.97. The van der Waals surface area contributed by atoms with E-state index in [0.29, 0.717) is 11.8 Å². The van der Waals surface area contributed by atoms with Crippen LogP contribution in [0.4, 0.5) is 10.5 Å². The van der Waals surface area contributed by atoms with Crippen molar-refractivity contribution in [1.29, 1.82) is 0 Å². The maximum Gasteiger partial charge on any atom is 0.321 e. The third-order valence-corrected chi connectivity index (χ3v) is 5.23. The van der Waals surface area contributed by atoms with E-state index in [2.05, 4.69) is 16.4 Å². The van der Waals surface area contributed by atoms with Gasteiger partial charge in [0.1, 0.15) is 0 Å². The molecule has 2 amide bonds. The van der Waals surface area contributed by atoms with Crippen LogP contribution < -0.4 is 5.32 Å². The zero-order valence-electron chi connectivity index (χ0n) is 14.0. The highest BCUT2D eigenvalue weighted by Gasteiger charge is 2.33. The van der Waals surface area contributed by atoms with Crippen LogP contribution >= 0.6 is 0 Å². The zero-order chi connectivity index (χ0) is 16.5. The molecule has 3 heterocycles. The predicted octanol–water partition coefficient (Wildman–Crippen LogP) is 3.43. The molecule has 2 aromatic rings. The van der Waals surface area contributed by atoms with Gasteiger partial charge in [0.15, 0.2) is 0 Å². The van der Waals surface area contributed by atoms with Crippen LogP contribution in [0.1, 0.15) is 18.4 Å². The van der Waals surface area contributed by atoms with Crippen molar-refractivity contribution < 1.29 is 9.53 Å². The number of hydrogen-bond acceptors (Lipinski definition) is 3. The molecule has 5 nitrogen and oxygen atoms in total. The second kappa shape index (κ2) is 6.40. The number of carbonyl (C=O) groups is 1. The Labute approximate surface area is 142 Å². The first-order valence-corrected chi connectivity index (χ1v) is 8.70. The predicted molar refractivity (Wildman–Crippen MR) is 94.1 cm³/mol. The molecule has 2 fully saturated rings. The number of aromatic nitrogens is 1. The quantitative estimate of drug-likeness (QED) is 0.920. The van der Waals surface area contributed by atoms with Crippen molar-refractivity contribution in [3.05, 3.63) is 36.0 Å². The van der Waals surface area contributed by atoms with Crippen LogP contribution in [0.5, 0.6) is 0 Å². The Morgan fingerprint density at radius 2 is 2.25 bits per heavy atom. The third kappa shape index (κ3) is 2.96. The normalized spacial score (nSPS) is 23.8. The van der Waals surface area contributed by atoms with Gasteiger partial charge in [0, 0.05) is 37.9 Å². The molecule has 0 bridgehead atoms. The molecule has 2 saturated heterocycles. The Bertz CT molecular complexity index is 755. The number of urea groups is 1. The summed E-state index contributed by atoms with van der Waals surface area (Å²) < 4.78 is 5.49. The number of pyridine rings is 1. The summed E-state index contributed by atoms with van der Waals surface area (Å²) in [7, 11) is 0. The van der Waals surface area contributed by atoms with Gasteiger partial charge in [0.05, 0.1) is 11.2 Å². The van der Waals surface area contributed by atoms with E-state index in [0.717, 1.165) is 61.3 Å². The van der Waals surface area contributed by atoms with Gasteiger partial charge in [-0.05, 0) is 55.4 Å². The van der Waals surface area contributed by atoms with Gasteiger partial charge >= 0.3 is 6.03 Å². The van der Waals surface area contributed by atoms with Crippen LogP contribution in [0.2, 0.25) is 0 Å². The second-order valence-corrected chi connectivity index (χ2v) is 6.94. The van der Waals surface area contributed by atoms with Crippen LogP contribution in [-0.2, 0) is 4.74 Å². The molecular weight excluding hydrogens is 302 g/mol. The first kappa shape index (κ1) is 15.4. The van der Waals surface area contributed by atoms with E-state index < -0.39 is 0 Å². The van der Waals surface area contributed by atoms with Gasteiger partial charge in [0.2, 0.25) is 0 Å². The molecule has 0 aliphatic carbocycles. The number of nitrogens with zero attached hydrogens (tertiary/aromatic N) is 2. The van der Waals surface area contributed by atoms with E-state index in [4.69, 9.17) is 4.74 Å². The minimum atomic E-state index is -0.0195. The number of benzene rings is 1. The van der Waals surface area contributed by atoms with E-state index in [1.165, 1.54) is 0 Å². The van der Waals surface area contributed by atoms with Crippen LogP contribution in [0, 0.1) is 18.8 Å². The summed E-state index contributed by atoms with van der Waals surface area (Å²) in [4.78, 5) is 19.0. The Morgan fingerprint density at radius 1 is 1.33 bits per heavy atom. The monoisotopic (exact) mass is 325 g/mol. The van der Waals surface area contributed by atoms with Gasteiger partial charge in [-0.15, -0.1) is 0 Å². The lowest BCUT2D eigenvalue weighted by Crippen LogP contribution is -2.33. The van der Waals surface area contributed by atoms with Crippen molar-refractivity contribution in [2.75, 3.05) is 31.6 Å². The Hall–Kier alpha value is -2.14. The summed E-state index contributed by atoms with van der Waals surface area (Å²) in [5, 5.41) is 4.12. The molecule has 4 rings (SSSR count). The summed E-state index contributed by atoms with van der Waals surface area (Å²) in [6, 6.07) is 8.00. The van der Waals surface area contributed by atoms with Gasteiger partial charge in [-0.2, -0.15) is 0 Å². The fraction of sp³-hybridized carbons (Fsp3) is 0.474. The van der Waals surface area contributed by atoms with Crippen molar-refractivity contribution in [3.8, 4) is 0 Å². The van der Waals surface area contributed by atoms with Crippen LogP contribution in [-0.4, -0.2) is 42.2 Å². The summed E-state index contributed by atoms with van der Waals surface area (Å²) in [6.45, 7) is 5.41. The topological polar surface area (TPSA) is 54.5 Å². The van der Waals surface area contributed by atoms with Gasteiger partial charge in [-0.3, -0.25) is 4.98 Å². The average Bonchev–Trinajstić information content (AvgIpc) is 3.26. The van der Waals surface area contributed by atoms with Crippen molar-refractivity contribution in [2.24, 2.45) is 11.8 Å². The smallest absolute Gasteiger partial charge is 0.321 e. The molecule has 1 aromatic carbocycles. The lowest BCUT2D eigenvalue weighted by molar-refractivity contribution is 0.171. The van der Waals surface area contributed by atoms with Crippen molar-refractivity contribution in [3.63, 3.8) is 0 Å². The molecule has 1 N–H and O–H groups in total. The van der Waals surface area contributed by atoms with Crippen LogP contribution in [0.3, 0.4) is 0 Å². The molecule has 2 aliphatic rings. The van der Waals surface area contributed by atoms with Crippen molar-refractivity contribution in [1.82, 2.24) is 9.88 Å². The van der Waals surface area contributed by atoms with Gasteiger partial charge < -0.3 is 15.0 Å². The highest BCUT2D eigenvalue weighted by molar-refractivity contribution is 6.00. The molecule has 0 spiro atoms. The first-order chi connectivity index (χ1) is 11.7. The second-order valence-electron chi connectivity index (χ2n) is 6.94. The fourth-order valence-electron chi connectivity index (χ4n) is 3.91. The fourth-order valence-corrected chi connectivity index (χ4v) is 3.91. The molecule has 126 valence electrons. The molecule has 5 heteroatoms. The number of nitrogens with one attached hydrogen (secondary N) is 1. The Morgan fingerprint density at radius 3 is 3.08 bits per heavy atom. The number of hydrogen-bond donors (Lipinski definition) is 1. The Kier molecular flexibility index (Phi) is 4.10. The molecule has 0 saturated carbocycles. The highest BCUT2D eigenvalue weighted by Crippen LogP contribution is 2.30. The minimum absolute atomic E-state index is 0.0195. The number of likely N-dealkylation sites (tertiary alicyclic amines) is 1. The van der Waals surface area contributed by atoms with E-state index in [-0.39, 0.29) is 6.03 Å². The third-order valence-electron chi connectivity index (χ3n) is 5.23. The van der Waals surface area contributed by atoms with E-state index in [9.17, 15) is 4.79 Å². The SMILES string of the molecule is Cc1cc(NC(=O)N2CCC(C3CCOC3)C2)c2ncccc2c1. The van der Waals surface area contributed by atoms with Gasteiger partial charge in [-0.25, -0.2) is 4.79 Å². The highest BCUT2D eigenvalue weighted by atomic mass is 16.5. The molecule has 2 unspecified atom stereocenters. The maximum atomic E-state index is 12.7. The Balaban J connectivity index is 1.48. The van der Waals surface area contributed by atoms with Gasteiger partial charge in [0.25, 0.3) is 0 Å². The minimum Gasteiger partial charge on any atom is -0.381 e. The number of anilines is 1. The maximum absolute atomic E-state index is 12.7. The summed E-state index contributed by atoms with van der Waals surface area (Å²) in [5.41, 5.74) is 2.76. The first-order valence-electron chi connectivity index (χ1n) is 8.70. The van der Waals surface area contributed by atoms with Gasteiger partial charge in [-0.1, -0.05) is 6.07 Å². The molecule has 2 atom stereocenters. The number of carbonyl (C=O) groups excluding carboxylic acids is 1. The molecule has 1 aromatic heterocycles. The average molecular weight is 325 g/mol. The summed E-state index contributed by atoms with van der Waals surface area (Å²) >= 11 is 0. The zero-order valence-corrected chi connectivity index (χ0v) is 14.0. The molecule has 0 radical (unpaired) electrons. The van der Waals surface area contributed by atoms with E-state index in [1.807, 2.05) is 30.0 Å². The number of ether oxygens (including phenoxy) is 1. The molecule has 2 aliphatic heterocycles. The van der Waals surface area contributed by atoms with Crippen LogP contribution in [0.15, 0.2) is 30.5 Å². The van der Waals surface area contributed by atoms with E-state index >= 15 is 0 Å². The molecule has 24 heavy (non-hydrogen) atoms.